The highest BCUT2D eigenvalue weighted by molar-refractivity contribution is 5.98. The lowest BCUT2D eigenvalue weighted by molar-refractivity contribution is -0.138. The number of nitrogens with one attached hydrogen (secondary N) is 2. The monoisotopic (exact) mass is 467 g/mol. The molecule has 0 saturated carbocycles. The summed E-state index contributed by atoms with van der Waals surface area (Å²) in [5, 5.41) is 5.38. The van der Waals surface area contributed by atoms with Crippen molar-refractivity contribution >= 4 is 29.7 Å². The van der Waals surface area contributed by atoms with Gasteiger partial charge in [-0.05, 0) is 69.2 Å². The molecule has 2 rings (SSSR count). The predicted octanol–water partition coefficient (Wildman–Crippen LogP) is 4.39. The maximum Gasteiger partial charge on any atom is 0.408 e. The lowest BCUT2D eigenvalue weighted by Gasteiger charge is -2.30. The summed E-state index contributed by atoms with van der Waals surface area (Å²) < 4.78 is 10.4. The lowest BCUT2D eigenvalue weighted by atomic mass is 10.0. The van der Waals surface area contributed by atoms with Crippen molar-refractivity contribution in [2.24, 2.45) is 0 Å². The van der Waals surface area contributed by atoms with Crippen molar-refractivity contribution in [1.82, 2.24) is 10.2 Å². The Morgan fingerprint density at radius 1 is 1.09 bits per heavy atom. The third kappa shape index (κ3) is 7.37. The number of likely N-dealkylation sites (N-methyl/N-ethyl adjacent to an activating group) is 1. The number of ether oxygens (including phenoxy) is 2. The maximum atomic E-state index is 13.4. The van der Waals surface area contributed by atoms with E-state index in [1.165, 1.54) is 11.9 Å². The predicted molar refractivity (Wildman–Crippen MR) is 132 cm³/mol. The van der Waals surface area contributed by atoms with Crippen LogP contribution in [0.25, 0.3) is 6.08 Å². The first-order valence-corrected chi connectivity index (χ1v) is 10.9. The molecule has 8 nitrogen and oxygen atoms in total. The number of methoxy groups -OCH3 is 1. The van der Waals surface area contributed by atoms with Gasteiger partial charge in [-0.2, -0.15) is 0 Å². The topological polar surface area (TPSA) is 97.0 Å². The molecule has 0 aliphatic carbocycles. The zero-order chi connectivity index (χ0) is 25.5. The quantitative estimate of drug-likeness (QED) is 0.600. The van der Waals surface area contributed by atoms with Crippen LogP contribution < -0.4 is 15.4 Å². The van der Waals surface area contributed by atoms with Gasteiger partial charge in [-0.1, -0.05) is 30.9 Å². The first-order valence-electron chi connectivity index (χ1n) is 10.9. The van der Waals surface area contributed by atoms with Crippen LogP contribution in [0.15, 0.2) is 55.1 Å². The van der Waals surface area contributed by atoms with Crippen molar-refractivity contribution < 1.29 is 23.9 Å². The van der Waals surface area contributed by atoms with Gasteiger partial charge in [0.25, 0.3) is 5.91 Å². The molecule has 34 heavy (non-hydrogen) atoms. The van der Waals surface area contributed by atoms with Gasteiger partial charge in [-0.15, -0.1) is 0 Å². The summed E-state index contributed by atoms with van der Waals surface area (Å²) in [6.07, 6.45) is 0.950. The number of nitrogens with zero attached hydrogens (tertiary/aromatic N) is 1. The first kappa shape index (κ1) is 26.4. The van der Waals surface area contributed by atoms with E-state index in [1.54, 1.807) is 83.3 Å². The average molecular weight is 468 g/mol. The van der Waals surface area contributed by atoms with Gasteiger partial charge >= 0.3 is 6.09 Å². The van der Waals surface area contributed by atoms with Crippen molar-refractivity contribution in [3.8, 4) is 5.75 Å². The summed E-state index contributed by atoms with van der Waals surface area (Å²) in [5.74, 6) is -0.209. The van der Waals surface area contributed by atoms with Crippen LogP contribution in [0.4, 0.5) is 10.5 Å². The molecular weight excluding hydrogens is 434 g/mol. The lowest BCUT2D eigenvalue weighted by Crippen LogP contribution is -2.49. The summed E-state index contributed by atoms with van der Waals surface area (Å²) in [6, 6.07) is 12.2. The summed E-state index contributed by atoms with van der Waals surface area (Å²) in [5.41, 5.74) is 1.26. The third-order valence-electron chi connectivity index (χ3n) is 4.91. The molecule has 2 atom stereocenters. The molecule has 0 aromatic heterocycles. The molecule has 0 aliphatic rings. The SMILES string of the molecule is C=Cc1cccc(C(C(=O)Nc2ccc(OC)cc2)N(C)C(=O)C(C)NC(=O)OC(C)(C)C)c1. The molecule has 0 radical (unpaired) electrons. The molecule has 3 amide bonds. The molecular formula is C26H33N3O5. The molecule has 2 aromatic carbocycles. The molecule has 0 spiro atoms. The summed E-state index contributed by atoms with van der Waals surface area (Å²) in [4.78, 5) is 40.0. The van der Waals surface area contributed by atoms with E-state index in [4.69, 9.17) is 9.47 Å². The Labute approximate surface area is 200 Å². The van der Waals surface area contributed by atoms with Gasteiger partial charge in [0.15, 0.2) is 0 Å². The largest absolute Gasteiger partial charge is 0.497 e. The highest BCUT2D eigenvalue weighted by atomic mass is 16.6. The zero-order valence-electron chi connectivity index (χ0n) is 20.5. The Bertz CT molecular complexity index is 1030. The van der Waals surface area contributed by atoms with Crippen LogP contribution in [0.3, 0.4) is 0 Å². The van der Waals surface area contributed by atoms with E-state index in [0.29, 0.717) is 17.0 Å². The molecule has 8 heteroatoms. The molecule has 2 N–H and O–H groups in total. The van der Waals surface area contributed by atoms with Gasteiger partial charge in [0.05, 0.1) is 7.11 Å². The number of carbonyl (C=O) groups is 3. The van der Waals surface area contributed by atoms with Crippen LogP contribution >= 0.6 is 0 Å². The standard InChI is InChI=1S/C26H33N3O5/c1-8-18-10-9-11-19(16-18)22(23(30)28-20-12-14-21(33-7)15-13-20)29(6)24(31)17(2)27-25(32)34-26(3,4)5/h8-17,22H,1H2,2-7H3,(H,27,32)(H,28,30). The van der Waals surface area contributed by atoms with Crippen LogP contribution in [0, 0.1) is 0 Å². The highest BCUT2D eigenvalue weighted by Crippen LogP contribution is 2.25. The number of benzene rings is 2. The average Bonchev–Trinajstić information content (AvgIpc) is 2.77. The van der Waals surface area contributed by atoms with Crippen molar-refractivity contribution in [2.75, 3.05) is 19.5 Å². The molecule has 0 bridgehead atoms. The minimum atomic E-state index is -0.961. The smallest absolute Gasteiger partial charge is 0.408 e. The van der Waals surface area contributed by atoms with Crippen LogP contribution in [-0.2, 0) is 14.3 Å². The second kappa shape index (κ2) is 11.4. The summed E-state index contributed by atoms with van der Waals surface area (Å²) in [7, 11) is 3.08. The maximum absolute atomic E-state index is 13.4. The minimum absolute atomic E-state index is 0.410. The van der Waals surface area contributed by atoms with Gasteiger partial charge in [-0.25, -0.2) is 4.79 Å². The van der Waals surface area contributed by atoms with E-state index in [-0.39, 0.29) is 0 Å². The Hall–Kier alpha value is -3.81. The Morgan fingerprint density at radius 2 is 1.74 bits per heavy atom. The number of hydrogen-bond acceptors (Lipinski definition) is 5. The van der Waals surface area contributed by atoms with Crippen LogP contribution in [-0.4, -0.2) is 48.6 Å². The van der Waals surface area contributed by atoms with Gasteiger partial charge < -0.3 is 25.0 Å². The third-order valence-corrected chi connectivity index (χ3v) is 4.91. The summed E-state index contributed by atoms with van der Waals surface area (Å²) in [6.45, 7) is 10.5. The fourth-order valence-corrected chi connectivity index (χ4v) is 3.27. The van der Waals surface area contributed by atoms with Crippen molar-refractivity contribution in [2.45, 2.75) is 45.4 Å². The molecule has 182 valence electrons. The van der Waals surface area contributed by atoms with Crippen molar-refractivity contribution in [3.05, 3.63) is 66.2 Å². The first-order chi connectivity index (χ1) is 15.9. The molecule has 2 aromatic rings. The number of hydrogen-bond donors (Lipinski definition) is 2. The normalized spacial score (nSPS) is 12.6. The van der Waals surface area contributed by atoms with Gasteiger partial charge in [0, 0.05) is 12.7 Å². The van der Waals surface area contributed by atoms with Crippen LogP contribution in [0.2, 0.25) is 0 Å². The molecule has 0 aliphatic heterocycles. The fraction of sp³-hybridized carbons (Fsp3) is 0.346. The van der Waals surface area contributed by atoms with Crippen molar-refractivity contribution in [3.63, 3.8) is 0 Å². The number of rotatable bonds is 8. The summed E-state index contributed by atoms with van der Waals surface area (Å²) >= 11 is 0. The minimum Gasteiger partial charge on any atom is -0.497 e. The van der Waals surface area contributed by atoms with Crippen LogP contribution in [0.1, 0.15) is 44.9 Å². The Morgan fingerprint density at radius 3 is 2.29 bits per heavy atom. The van der Waals surface area contributed by atoms with E-state index >= 15 is 0 Å². The van der Waals surface area contributed by atoms with E-state index in [9.17, 15) is 14.4 Å². The van der Waals surface area contributed by atoms with E-state index in [0.717, 1.165) is 5.56 Å². The number of amides is 3. The van der Waals surface area contributed by atoms with E-state index in [2.05, 4.69) is 17.2 Å². The number of carbonyl (C=O) groups excluding carboxylic acids is 3. The van der Waals surface area contributed by atoms with Gasteiger partial charge in [0.2, 0.25) is 5.91 Å². The highest BCUT2D eigenvalue weighted by Gasteiger charge is 2.32. The molecule has 0 saturated heterocycles. The van der Waals surface area contributed by atoms with Gasteiger partial charge in [-0.3, -0.25) is 9.59 Å². The van der Waals surface area contributed by atoms with Gasteiger partial charge in [0.1, 0.15) is 23.4 Å². The number of alkyl carbamates (subject to hydrolysis) is 1. The fourth-order valence-electron chi connectivity index (χ4n) is 3.27. The molecule has 2 unspecified atom stereocenters. The second-order valence-corrected chi connectivity index (χ2v) is 8.81. The van der Waals surface area contributed by atoms with Crippen LogP contribution in [0.5, 0.6) is 5.75 Å². The molecule has 0 heterocycles. The number of anilines is 1. The van der Waals surface area contributed by atoms with E-state index in [1.807, 2.05) is 6.07 Å². The zero-order valence-corrected chi connectivity index (χ0v) is 20.5. The Kier molecular flexibility index (Phi) is 8.83. The molecule has 0 fully saturated rings. The Balaban J connectivity index is 2.30. The van der Waals surface area contributed by atoms with E-state index < -0.39 is 35.6 Å². The van der Waals surface area contributed by atoms with Crippen molar-refractivity contribution in [1.29, 1.82) is 0 Å². The second-order valence-electron chi connectivity index (χ2n) is 8.81.